The van der Waals surface area contributed by atoms with Gasteiger partial charge in [-0.05, 0) is 49.4 Å². The largest absolute Gasteiger partial charge is 0.372 e. The lowest BCUT2D eigenvalue weighted by Crippen LogP contribution is -2.27. The topological polar surface area (TPSA) is 84.3 Å². The highest BCUT2D eigenvalue weighted by atomic mass is 16.6. The number of benzene rings is 3. The third-order valence-corrected chi connectivity index (χ3v) is 6.62. The second kappa shape index (κ2) is 8.20. The van der Waals surface area contributed by atoms with Crippen LogP contribution in [-0.2, 0) is 4.79 Å². The molecular weight excluding hydrogens is 414 g/mol. The fourth-order valence-electron chi connectivity index (χ4n) is 4.82. The number of nitro benzene ring substituents is 1. The van der Waals surface area contributed by atoms with Gasteiger partial charge in [-0.15, -0.1) is 0 Å². The van der Waals surface area contributed by atoms with E-state index in [4.69, 9.17) is 0 Å². The van der Waals surface area contributed by atoms with Crippen molar-refractivity contribution < 1.29 is 9.72 Å². The summed E-state index contributed by atoms with van der Waals surface area (Å²) in [6.07, 6.45) is 1.11. The number of carbonyl (C=O) groups is 1. The molecule has 5 rings (SSSR count). The second-order valence-electron chi connectivity index (χ2n) is 8.88. The van der Waals surface area contributed by atoms with Crippen LogP contribution in [0.25, 0.3) is 0 Å². The molecule has 0 bridgehead atoms. The number of nitrogens with one attached hydrogen (secondary N) is 2. The molecule has 166 valence electrons. The van der Waals surface area contributed by atoms with Gasteiger partial charge in [0.05, 0.1) is 22.3 Å². The minimum atomic E-state index is -0.470. The molecule has 1 aliphatic carbocycles. The minimum Gasteiger partial charge on any atom is -0.372 e. The number of nitrogens with zero attached hydrogens (tertiary/aromatic N) is 1. The molecule has 2 atom stereocenters. The van der Waals surface area contributed by atoms with E-state index < -0.39 is 6.04 Å². The van der Waals surface area contributed by atoms with Gasteiger partial charge in [-0.25, -0.2) is 0 Å². The molecule has 0 radical (unpaired) electrons. The van der Waals surface area contributed by atoms with Crippen LogP contribution in [0.5, 0.6) is 0 Å². The number of Topliss-reactive ketones (excluding diaryl/α,β-unsaturated/α-hetero) is 1. The lowest BCUT2D eigenvalue weighted by atomic mass is 9.78. The number of fused-ring (bicyclic) bond motifs is 1. The van der Waals surface area contributed by atoms with Crippen molar-refractivity contribution in [1.29, 1.82) is 0 Å². The first-order chi connectivity index (χ1) is 15.9. The molecule has 0 unspecified atom stereocenters. The van der Waals surface area contributed by atoms with E-state index in [9.17, 15) is 14.9 Å². The van der Waals surface area contributed by atoms with Gasteiger partial charge in [-0.2, -0.15) is 0 Å². The van der Waals surface area contributed by atoms with Crippen molar-refractivity contribution in [3.05, 3.63) is 110 Å². The van der Waals surface area contributed by atoms with Crippen LogP contribution in [0.3, 0.4) is 0 Å². The number of hydrogen-bond acceptors (Lipinski definition) is 5. The second-order valence-corrected chi connectivity index (χ2v) is 8.88. The zero-order chi connectivity index (χ0) is 23.1. The average molecular weight is 440 g/mol. The lowest BCUT2D eigenvalue weighted by molar-refractivity contribution is -0.385. The number of ketones is 1. The van der Waals surface area contributed by atoms with Crippen LogP contribution in [-0.4, -0.2) is 10.7 Å². The third-order valence-electron chi connectivity index (χ3n) is 6.62. The summed E-state index contributed by atoms with van der Waals surface area (Å²) in [5, 5.41) is 18.6. The fraction of sp³-hybridized carbons (Fsp3) is 0.222. The van der Waals surface area contributed by atoms with E-state index in [1.807, 2.05) is 30.3 Å². The van der Waals surface area contributed by atoms with Gasteiger partial charge in [0.2, 0.25) is 0 Å². The van der Waals surface area contributed by atoms with Crippen LogP contribution in [0.1, 0.15) is 47.1 Å². The van der Waals surface area contributed by atoms with Crippen LogP contribution in [0, 0.1) is 24.0 Å². The summed E-state index contributed by atoms with van der Waals surface area (Å²) < 4.78 is 0. The maximum atomic E-state index is 13.6. The Morgan fingerprint density at radius 2 is 1.61 bits per heavy atom. The molecule has 0 amide bonds. The van der Waals surface area contributed by atoms with Crippen molar-refractivity contribution in [2.24, 2.45) is 0 Å². The van der Waals surface area contributed by atoms with Crippen molar-refractivity contribution in [3.63, 3.8) is 0 Å². The molecule has 6 nitrogen and oxygen atoms in total. The quantitative estimate of drug-likeness (QED) is 0.375. The minimum absolute atomic E-state index is 0.0581. The van der Waals surface area contributed by atoms with Crippen LogP contribution in [0.4, 0.5) is 17.1 Å². The predicted octanol–water partition coefficient (Wildman–Crippen LogP) is 6.19. The van der Waals surface area contributed by atoms with Crippen molar-refractivity contribution in [1.82, 2.24) is 0 Å². The van der Waals surface area contributed by atoms with Gasteiger partial charge in [-0.3, -0.25) is 14.9 Å². The summed E-state index contributed by atoms with van der Waals surface area (Å²) in [7, 11) is 0. The molecule has 0 saturated carbocycles. The SMILES string of the molecule is Cc1ccc([C@@H]2CC(=O)C3=C(C2)Nc2ccccc2N[C@H]3c2ccc(C)c([N+](=O)[O-])c2)cc1. The molecule has 0 aromatic heterocycles. The molecule has 0 saturated heterocycles. The molecule has 0 fully saturated rings. The van der Waals surface area contributed by atoms with Gasteiger partial charge in [0.15, 0.2) is 5.78 Å². The molecule has 3 aromatic rings. The maximum Gasteiger partial charge on any atom is 0.272 e. The van der Waals surface area contributed by atoms with E-state index >= 15 is 0 Å². The van der Waals surface area contributed by atoms with Crippen molar-refractivity contribution in [2.45, 2.75) is 38.6 Å². The van der Waals surface area contributed by atoms with Crippen molar-refractivity contribution in [3.8, 4) is 0 Å². The number of rotatable bonds is 3. The summed E-state index contributed by atoms with van der Waals surface area (Å²) >= 11 is 0. The number of allylic oxidation sites excluding steroid dienone is 1. The first-order valence-electron chi connectivity index (χ1n) is 11.1. The first kappa shape index (κ1) is 20.9. The summed E-state index contributed by atoms with van der Waals surface area (Å²) in [4.78, 5) is 24.8. The van der Waals surface area contributed by atoms with Gasteiger partial charge in [0.25, 0.3) is 5.69 Å². The van der Waals surface area contributed by atoms with Gasteiger partial charge in [0, 0.05) is 29.3 Å². The fourth-order valence-corrected chi connectivity index (χ4v) is 4.82. The number of anilines is 2. The van der Waals surface area contributed by atoms with E-state index in [1.54, 1.807) is 19.1 Å². The maximum absolute atomic E-state index is 13.6. The molecule has 0 spiro atoms. The summed E-state index contributed by atoms with van der Waals surface area (Å²) in [6, 6.07) is 20.9. The molecule has 3 aromatic carbocycles. The Morgan fingerprint density at radius 3 is 2.33 bits per heavy atom. The Balaban J connectivity index is 1.62. The van der Waals surface area contributed by atoms with Gasteiger partial charge in [0.1, 0.15) is 0 Å². The Hall–Kier alpha value is -3.93. The highest BCUT2D eigenvalue weighted by Gasteiger charge is 2.36. The third kappa shape index (κ3) is 3.89. The Labute approximate surface area is 192 Å². The van der Waals surface area contributed by atoms with Crippen LogP contribution in [0.2, 0.25) is 0 Å². The zero-order valence-corrected chi connectivity index (χ0v) is 18.6. The van der Waals surface area contributed by atoms with Crippen LogP contribution >= 0.6 is 0 Å². The molecular formula is C27H25N3O3. The van der Waals surface area contributed by atoms with E-state index in [-0.39, 0.29) is 22.3 Å². The van der Waals surface area contributed by atoms with Crippen molar-refractivity contribution >= 4 is 22.8 Å². The Morgan fingerprint density at radius 1 is 0.909 bits per heavy atom. The summed E-state index contributed by atoms with van der Waals surface area (Å²) in [6.45, 7) is 3.78. The molecule has 1 heterocycles. The normalized spacial score (nSPS) is 19.6. The predicted molar refractivity (Wildman–Crippen MR) is 129 cm³/mol. The number of carbonyl (C=O) groups excluding carboxylic acids is 1. The van der Waals surface area contributed by atoms with Gasteiger partial charge >= 0.3 is 0 Å². The summed E-state index contributed by atoms with van der Waals surface area (Å²) in [5.74, 6) is 0.144. The van der Waals surface area contributed by atoms with E-state index in [0.29, 0.717) is 29.5 Å². The zero-order valence-electron chi connectivity index (χ0n) is 18.6. The number of para-hydroxylation sites is 2. The molecule has 2 N–H and O–H groups in total. The number of nitro groups is 1. The molecule has 6 heteroatoms. The van der Waals surface area contributed by atoms with E-state index in [0.717, 1.165) is 22.6 Å². The lowest BCUT2D eigenvalue weighted by Gasteiger charge is -2.30. The Kier molecular flexibility index (Phi) is 5.21. The highest BCUT2D eigenvalue weighted by Crippen LogP contribution is 2.44. The summed E-state index contributed by atoms with van der Waals surface area (Å²) in [5.41, 5.74) is 6.99. The number of aryl methyl sites for hydroxylation is 2. The Bertz CT molecular complexity index is 1290. The van der Waals surface area contributed by atoms with E-state index in [1.165, 1.54) is 5.56 Å². The standard InChI is InChI=1S/C27H25N3O3/c1-16-7-10-18(11-8-16)20-13-23-26(25(31)15-20)27(29-22-6-4-3-5-21(22)28-23)19-12-9-17(2)24(14-19)30(32)33/h3-12,14,20,27-29H,13,15H2,1-2H3/t20-,27-/m0/s1. The highest BCUT2D eigenvalue weighted by molar-refractivity contribution is 6.01. The molecule has 1 aliphatic heterocycles. The van der Waals surface area contributed by atoms with Gasteiger partial charge in [-0.1, -0.05) is 54.1 Å². The smallest absolute Gasteiger partial charge is 0.272 e. The van der Waals surface area contributed by atoms with Crippen LogP contribution in [0.15, 0.2) is 78.0 Å². The monoisotopic (exact) mass is 439 g/mol. The molecule has 2 aliphatic rings. The first-order valence-corrected chi connectivity index (χ1v) is 11.1. The molecule has 33 heavy (non-hydrogen) atoms. The number of hydrogen-bond donors (Lipinski definition) is 2. The van der Waals surface area contributed by atoms with Gasteiger partial charge < -0.3 is 10.6 Å². The average Bonchev–Trinajstić information content (AvgIpc) is 2.96. The van der Waals surface area contributed by atoms with Crippen molar-refractivity contribution in [2.75, 3.05) is 10.6 Å². The van der Waals surface area contributed by atoms with E-state index in [2.05, 4.69) is 41.8 Å². The van der Waals surface area contributed by atoms with Crippen LogP contribution < -0.4 is 10.6 Å².